The molecule has 0 radical (unpaired) electrons. The molecule has 0 bridgehead atoms. The number of ether oxygens (including phenoxy) is 1. The molecule has 0 amide bonds. The molecule has 0 aliphatic rings. The summed E-state index contributed by atoms with van der Waals surface area (Å²) in [6.07, 6.45) is 39.1. The standard InChI is InChI=1S/C36H66O4/c1-3-5-7-9-11-13-14-15-16-17-19-21-23-29-33-36(39)40-34(31-27-24-25-28-32-35(37)38)30-26-22-20-18-12-10-8-6-4-2/h14-15,26,30,34H,3-13,16-25,27-29,31-33H2,1-2H3,(H,37,38)/b15-14-,30-26-. The highest BCUT2D eigenvalue weighted by atomic mass is 16.5. The van der Waals surface area contributed by atoms with E-state index in [0.29, 0.717) is 6.42 Å². The summed E-state index contributed by atoms with van der Waals surface area (Å²) in [5, 5.41) is 8.80. The number of aliphatic carboxylic acids is 1. The maximum Gasteiger partial charge on any atom is 0.306 e. The molecule has 0 rings (SSSR count). The van der Waals surface area contributed by atoms with Gasteiger partial charge >= 0.3 is 11.9 Å². The molecule has 0 aromatic heterocycles. The van der Waals surface area contributed by atoms with E-state index < -0.39 is 5.97 Å². The van der Waals surface area contributed by atoms with Gasteiger partial charge in [-0.1, -0.05) is 128 Å². The normalized spacial score (nSPS) is 12.4. The van der Waals surface area contributed by atoms with Gasteiger partial charge in [0.25, 0.3) is 0 Å². The maximum absolute atomic E-state index is 12.5. The average Bonchev–Trinajstić information content (AvgIpc) is 2.93. The van der Waals surface area contributed by atoms with Crippen LogP contribution in [0.25, 0.3) is 0 Å². The molecule has 0 saturated carbocycles. The van der Waals surface area contributed by atoms with Crippen LogP contribution in [0, 0.1) is 0 Å². The first-order valence-electron chi connectivity index (χ1n) is 17.3. The predicted molar refractivity (Wildman–Crippen MR) is 172 cm³/mol. The molecule has 234 valence electrons. The van der Waals surface area contributed by atoms with Crippen molar-refractivity contribution in [2.45, 2.75) is 193 Å². The fraction of sp³-hybridized carbons (Fsp3) is 0.833. The Morgan fingerprint density at radius 3 is 1.50 bits per heavy atom. The van der Waals surface area contributed by atoms with Crippen molar-refractivity contribution in [2.24, 2.45) is 0 Å². The van der Waals surface area contributed by atoms with Crippen molar-refractivity contribution in [3.8, 4) is 0 Å². The quantitative estimate of drug-likeness (QED) is 0.0518. The SMILES string of the molecule is CCCCCCC/C=C\CCCCCCCC(=O)OC(/C=C\CCCCCCCCC)CCCCCCC(=O)O. The zero-order chi connectivity index (χ0) is 29.4. The van der Waals surface area contributed by atoms with Gasteiger partial charge in [-0.05, 0) is 70.3 Å². The van der Waals surface area contributed by atoms with Crippen LogP contribution in [0.2, 0.25) is 0 Å². The molecule has 1 atom stereocenters. The summed E-state index contributed by atoms with van der Waals surface area (Å²) in [4.78, 5) is 23.2. The number of carbonyl (C=O) groups excluding carboxylic acids is 1. The van der Waals surface area contributed by atoms with Gasteiger partial charge < -0.3 is 9.84 Å². The van der Waals surface area contributed by atoms with Crippen molar-refractivity contribution in [1.29, 1.82) is 0 Å². The number of esters is 1. The van der Waals surface area contributed by atoms with Gasteiger partial charge in [-0.3, -0.25) is 9.59 Å². The van der Waals surface area contributed by atoms with Crippen LogP contribution in [0.5, 0.6) is 0 Å². The molecule has 4 heteroatoms. The fourth-order valence-corrected chi connectivity index (χ4v) is 5.03. The first kappa shape index (κ1) is 38.4. The second-order valence-corrected chi connectivity index (χ2v) is 11.7. The van der Waals surface area contributed by atoms with Gasteiger partial charge in [-0.2, -0.15) is 0 Å². The van der Waals surface area contributed by atoms with Crippen molar-refractivity contribution < 1.29 is 19.4 Å². The Bertz CT molecular complexity index is 610. The van der Waals surface area contributed by atoms with Gasteiger partial charge in [0.05, 0.1) is 0 Å². The highest BCUT2D eigenvalue weighted by Crippen LogP contribution is 2.15. The highest BCUT2D eigenvalue weighted by molar-refractivity contribution is 5.69. The van der Waals surface area contributed by atoms with Crippen LogP contribution in [0.4, 0.5) is 0 Å². The minimum atomic E-state index is -0.722. The number of hydrogen-bond acceptors (Lipinski definition) is 3. The Morgan fingerprint density at radius 1 is 0.550 bits per heavy atom. The van der Waals surface area contributed by atoms with E-state index in [1.54, 1.807) is 0 Å². The summed E-state index contributed by atoms with van der Waals surface area (Å²) < 4.78 is 5.85. The average molecular weight is 563 g/mol. The molecule has 0 aliphatic carbocycles. The van der Waals surface area contributed by atoms with Gasteiger partial charge in [0.2, 0.25) is 0 Å². The topological polar surface area (TPSA) is 63.6 Å². The Hall–Kier alpha value is -1.58. The monoisotopic (exact) mass is 562 g/mol. The van der Waals surface area contributed by atoms with Gasteiger partial charge in [0, 0.05) is 12.8 Å². The van der Waals surface area contributed by atoms with Crippen molar-refractivity contribution in [3.63, 3.8) is 0 Å². The molecule has 0 spiro atoms. The van der Waals surface area contributed by atoms with Crippen LogP contribution in [-0.2, 0) is 14.3 Å². The van der Waals surface area contributed by atoms with E-state index in [0.717, 1.165) is 51.4 Å². The third-order valence-electron chi connectivity index (χ3n) is 7.63. The van der Waals surface area contributed by atoms with E-state index >= 15 is 0 Å². The van der Waals surface area contributed by atoms with Crippen LogP contribution in [0.15, 0.2) is 24.3 Å². The van der Waals surface area contributed by atoms with Crippen LogP contribution >= 0.6 is 0 Å². The molecule has 1 N–H and O–H groups in total. The van der Waals surface area contributed by atoms with E-state index in [9.17, 15) is 9.59 Å². The Morgan fingerprint density at radius 2 is 0.975 bits per heavy atom. The summed E-state index contributed by atoms with van der Waals surface area (Å²) in [6.45, 7) is 4.51. The van der Waals surface area contributed by atoms with Gasteiger partial charge in [-0.25, -0.2) is 0 Å². The fourth-order valence-electron chi connectivity index (χ4n) is 5.03. The lowest BCUT2D eigenvalue weighted by molar-refractivity contribution is -0.147. The zero-order valence-electron chi connectivity index (χ0n) is 26.7. The predicted octanol–water partition coefficient (Wildman–Crippen LogP) is 11.7. The number of rotatable bonds is 31. The Kier molecular flexibility index (Phi) is 30.7. The number of carboxylic acid groups (broad SMARTS) is 1. The molecule has 4 nitrogen and oxygen atoms in total. The lowest BCUT2D eigenvalue weighted by atomic mass is 10.1. The number of hydrogen-bond donors (Lipinski definition) is 1. The lowest BCUT2D eigenvalue weighted by Crippen LogP contribution is -2.16. The second-order valence-electron chi connectivity index (χ2n) is 11.7. The Labute approximate surface area is 248 Å². The smallest absolute Gasteiger partial charge is 0.306 e. The molecule has 0 aliphatic heterocycles. The zero-order valence-corrected chi connectivity index (χ0v) is 26.7. The summed E-state index contributed by atoms with van der Waals surface area (Å²) in [5.74, 6) is -0.793. The Balaban J connectivity index is 4.06. The van der Waals surface area contributed by atoms with Gasteiger partial charge in [0.1, 0.15) is 6.10 Å². The van der Waals surface area contributed by atoms with Crippen molar-refractivity contribution in [3.05, 3.63) is 24.3 Å². The molecule has 0 fully saturated rings. The minimum Gasteiger partial charge on any atom is -0.481 e. The number of carbonyl (C=O) groups is 2. The summed E-state index contributed by atoms with van der Waals surface area (Å²) in [7, 11) is 0. The molecule has 0 aromatic carbocycles. The summed E-state index contributed by atoms with van der Waals surface area (Å²) in [5.41, 5.74) is 0. The van der Waals surface area contributed by atoms with Crippen molar-refractivity contribution in [2.75, 3.05) is 0 Å². The van der Waals surface area contributed by atoms with Gasteiger partial charge in [-0.15, -0.1) is 0 Å². The lowest BCUT2D eigenvalue weighted by Gasteiger charge is -2.15. The summed E-state index contributed by atoms with van der Waals surface area (Å²) in [6, 6.07) is 0. The largest absolute Gasteiger partial charge is 0.481 e. The highest BCUT2D eigenvalue weighted by Gasteiger charge is 2.11. The first-order valence-corrected chi connectivity index (χ1v) is 17.3. The van der Waals surface area contributed by atoms with E-state index in [4.69, 9.17) is 9.84 Å². The van der Waals surface area contributed by atoms with E-state index in [2.05, 4.69) is 38.2 Å². The van der Waals surface area contributed by atoms with E-state index in [1.807, 2.05) is 0 Å². The first-order chi connectivity index (χ1) is 19.6. The number of unbranched alkanes of at least 4 members (excludes halogenated alkanes) is 20. The summed E-state index contributed by atoms with van der Waals surface area (Å²) >= 11 is 0. The molecule has 0 heterocycles. The van der Waals surface area contributed by atoms with Gasteiger partial charge in [0.15, 0.2) is 0 Å². The molecule has 40 heavy (non-hydrogen) atoms. The van der Waals surface area contributed by atoms with E-state index in [-0.39, 0.29) is 18.5 Å². The van der Waals surface area contributed by atoms with Crippen LogP contribution < -0.4 is 0 Å². The third kappa shape index (κ3) is 31.0. The molecule has 0 saturated heterocycles. The molecular weight excluding hydrogens is 496 g/mol. The molecular formula is C36H66O4. The van der Waals surface area contributed by atoms with Crippen molar-refractivity contribution >= 4 is 11.9 Å². The van der Waals surface area contributed by atoms with Crippen LogP contribution in [0.3, 0.4) is 0 Å². The van der Waals surface area contributed by atoms with Crippen LogP contribution in [-0.4, -0.2) is 23.1 Å². The third-order valence-corrected chi connectivity index (χ3v) is 7.63. The van der Waals surface area contributed by atoms with Crippen LogP contribution in [0.1, 0.15) is 187 Å². The maximum atomic E-state index is 12.5. The minimum absolute atomic E-state index is 0.0710. The second kappa shape index (κ2) is 31.9. The molecule has 1 unspecified atom stereocenters. The van der Waals surface area contributed by atoms with E-state index in [1.165, 1.54) is 109 Å². The number of allylic oxidation sites excluding steroid dienone is 3. The van der Waals surface area contributed by atoms with Crippen molar-refractivity contribution in [1.82, 2.24) is 0 Å². The molecule has 0 aromatic rings. The number of carboxylic acids is 1.